The summed E-state index contributed by atoms with van der Waals surface area (Å²) in [6, 6.07) is 4.42. The molecule has 102 valence electrons. The van der Waals surface area contributed by atoms with Crippen molar-refractivity contribution >= 4 is 17.6 Å². The van der Waals surface area contributed by atoms with E-state index in [1.807, 2.05) is 5.32 Å². The Morgan fingerprint density at radius 1 is 1.21 bits per heavy atom. The number of urea groups is 1. The molecule has 0 aromatic heterocycles. The molecule has 0 atom stereocenters. The molecule has 1 aromatic carbocycles. The number of nitrogens with one attached hydrogen (secondary N) is 2. The molecule has 0 saturated carbocycles. The molecule has 0 spiro atoms. The molecule has 0 radical (unpaired) electrons. The third kappa shape index (κ3) is 3.77. The third-order valence-corrected chi connectivity index (χ3v) is 2.46. The number of hydrogen-bond acceptors (Lipinski definition) is 5. The fraction of sp³-hybridized carbons (Fsp3) is 0.333. The monoisotopic (exact) mass is 265 g/mol. The van der Waals surface area contributed by atoms with Crippen molar-refractivity contribution in [3.05, 3.63) is 18.2 Å². The predicted molar refractivity (Wildman–Crippen MR) is 68.3 cm³/mol. The van der Waals surface area contributed by atoms with Crippen LogP contribution in [0.25, 0.3) is 0 Å². The van der Waals surface area contributed by atoms with Gasteiger partial charge in [-0.15, -0.1) is 0 Å². The fourth-order valence-corrected chi connectivity index (χ4v) is 1.64. The Bertz CT molecular complexity index is 490. The second kappa shape index (κ2) is 5.94. The number of nitrogens with two attached hydrogens (primary N) is 1. The second-order valence-corrected chi connectivity index (χ2v) is 3.98. The van der Waals surface area contributed by atoms with Gasteiger partial charge in [0.15, 0.2) is 11.5 Å². The molecule has 0 unspecified atom stereocenters. The molecule has 19 heavy (non-hydrogen) atoms. The minimum Gasteiger partial charge on any atom is -0.490 e. The Morgan fingerprint density at radius 2 is 1.95 bits per heavy atom. The molecular formula is C12H15N3O4. The summed E-state index contributed by atoms with van der Waals surface area (Å²) in [5.74, 6) is 0.821. The summed E-state index contributed by atoms with van der Waals surface area (Å²) in [5.41, 5.74) is 5.53. The average Bonchev–Trinajstić information content (AvgIpc) is 2.60. The van der Waals surface area contributed by atoms with Crippen LogP contribution >= 0.6 is 0 Å². The molecule has 0 saturated heterocycles. The molecule has 0 fully saturated rings. The Labute approximate surface area is 110 Å². The smallest absolute Gasteiger partial charge is 0.318 e. The molecule has 7 nitrogen and oxygen atoms in total. The van der Waals surface area contributed by atoms with E-state index in [-0.39, 0.29) is 6.54 Å². The minimum absolute atomic E-state index is 0.0530. The van der Waals surface area contributed by atoms with Crippen LogP contribution in [0.4, 0.5) is 10.5 Å². The molecule has 1 heterocycles. The SMILES string of the molecule is NC(=O)NC(=O)CNc1ccc2c(c1)OCCCO2. The van der Waals surface area contributed by atoms with Gasteiger partial charge in [0.05, 0.1) is 19.8 Å². The van der Waals surface area contributed by atoms with Crippen molar-refractivity contribution in [2.24, 2.45) is 5.73 Å². The van der Waals surface area contributed by atoms with Crippen LogP contribution in [0.1, 0.15) is 6.42 Å². The van der Waals surface area contributed by atoms with Crippen molar-refractivity contribution in [1.82, 2.24) is 5.32 Å². The van der Waals surface area contributed by atoms with Gasteiger partial charge >= 0.3 is 6.03 Å². The number of anilines is 1. The lowest BCUT2D eigenvalue weighted by Crippen LogP contribution is -2.38. The fourth-order valence-electron chi connectivity index (χ4n) is 1.64. The summed E-state index contributed by atoms with van der Waals surface area (Å²) in [6.45, 7) is 1.17. The maximum atomic E-state index is 11.2. The normalized spacial score (nSPS) is 13.3. The number of hydrogen-bond donors (Lipinski definition) is 3. The summed E-state index contributed by atoms with van der Waals surface area (Å²) < 4.78 is 11.0. The van der Waals surface area contributed by atoms with Gasteiger partial charge in [-0.05, 0) is 12.1 Å². The number of rotatable bonds is 3. The Morgan fingerprint density at radius 3 is 2.68 bits per heavy atom. The van der Waals surface area contributed by atoms with Crippen LogP contribution in [-0.4, -0.2) is 31.7 Å². The van der Waals surface area contributed by atoms with Crippen molar-refractivity contribution < 1.29 is 19.1 Å². The van der Waals surface area contributed by atoms with E-state index in [4.69, 9.17) is 15.2 Å². The van der Waals surface area contributed by atoms with Gasteiger partial charge in [0, 0.05) is 18.2 Å². The van der Waals surface area contributed by atoms with E-state index in [2.05, 4.69) is 5.32 Å². The van der Waals surface area contributed by atoms with Gasteiger partial charge in [-0.2, -0.15) is 0 Å². The Hall–Kier alpha value is -2.44. The van der Waals surface area contributed by atoms with Crippen molar-refractivity contribution in [2.75, 3.05) is 25.1 Å². The number of fused-ring (bicyclic) bond motifs is 1. The van der Waals surface area contributed by atoms with Crippen molar-refractivity contribution in [3.63, 3.8) is 0 Å². The highest BCUT2D eigenvalue weighted by Crippen LogP contribution is 2.32. The largest absolute Gasteiger partial charge is 0.490 e. The van der Waals surface area contributed by atoms with Crippen LogP contribution in [0.15, 0.2) is 18.2 Å². The van der Waals surface area contributed by atoms with Gasteiger partial charge in [0.25, 0.3) is 0 Å². The van der Waals surface area contributed by atoms with Gasteiger partial charge < -0.3 is 20.5 Å². The predicted octanol–water partition coefficient (Wildman–Crippen LogP) is 0.455. The molecule has 1 aliphatic heterocycles. The average molecular weight is 265 g/mol. The molecule has 0 aliphatic carbocycles. The van der Waals surface area contributed by atoms with Crippen LogP contribution < -0.4 is 25.8 Å². The first-order valence-electron chi connectivity index (χ1n) is 5.88. The number of amides is 3. The Balaban J connectivity index is 1.96. The van der Waals surface area contributed by atoms with Crippen molar-refractivity contribution in [1.29, 1.82) is 0 Å². The van der Waals surface area contributed by atoms with E-state index in [0.29, 0.717) is 30.4 Å². The standard InChI is InChI=1S/C12H15N3O4/c13-12(17)15-11(16)7-14-8-2-3-9-10(6-8)19-5-1-4-18-9/h2-3,6,14H,1,4-5,7H2,(H3,13,15,16,17). The van der Waals surface area contributed by atoms with E-state index >= 15 is 0 Å². The molecule has 3 amide bonds. The number of carbonyl (C=O) groups excluding carboxylic acids is 2. The van der Waals surface area contributed by atoms with Crippen LogP contribution in [-0.2, 0) is 4.79 Å². The highest BCUT2D eigenvalue weighted by molar-refractivity contribution is 5.95. The molecule has 2 rings (SSSR count). The molecule has 4 N–H and O–H groups in total. The Kier molecular flexibility index (Phi) is 4.07. The molecule has 0 bridgehead atoms. The molecular weight excluding hydrogens is 250 g/mol. The second-order valence-electron chi connectivity index (χ2n) is 3.98. The lowest BCUT2D eigenvalue weighted by atomic mass is 10.2. The van der Waals surface area contributed by atoms with E-state index in [1.54, 1.807) is 18.2 Å². The maximum absolute atomic E-state index is 11.2. The highest BCUT2D eigenvalue weighted by atomic mass is 16.5. The number of imide groups is 1. The third-order valence-electron chi connectivity index (χ3n) is 2.46. The van der Waals surface area contributed by atoms with Crippen molar-refractivity contribution in [3.8, 4) is 11.5 Å². The summed E-state index contributed by atoms with van der Waals surface area (Å²) in [4.78, 5) is 21.7. The zero-order chi connectivity index (χ0) is 13.7. The first kappa shape index (κ1) is 13.0. The summed E-state index contributed by atoms with van der Waals surface area (Å²) >= 11 is 0. The number of benzene rings is 1. The topological polar surface area (TPSA) is 103 Å². The van der Waals surface area contributed by atoms with Gasteiger partial charge in [0.1, 0.15) is 0 Å². The first-order chi connectivity index (χ1) is 9.15. The number of carbonyl (C=O) groups is 2. The molecule has 1 aromatic rings. The lowest BCUT2D eigenvalue weighted by molar-refractivity contribution is -0.118. The zero-order valence-corrected chi connectivity index (χ0v) is 10.3. The van der Waals surface area contributed by atoms with Gasteiger partial charge in [0.2, 0.25) is 5.91 Å². The molecule has 7 heteroatoms. The highest BCUT2D eigenvalue weighted by Gasteiger charge is 2.11. The first-order valence-corrected chi connectivity index (χ1v) is 5.88. The summed E-state index contributed by atoms with van der Waals surface area (Å²) in [7, 11) is 0. The van der Waals surface area contributed by atoms with Gasteiger partial charge in [-0.3, -0.25) is 10.1 Å². The van der Waals surface area contributed by atoms with E-state index in [1.165, 1.54) is 0 Å². The zero-order valence-electron chi connectivity index (χ0n) is 10.3. The number of primary amides is 1. The van der Waals surface area contributed by atoms with Gasteiger partial charge in [-0.25, -0.2) is 4.79 Å². The van der Waals surface area contributed by atoms with Crippen LogP contribution in [0.3, 0.4) is 0 Å². The maximum Gasteiger partial charge on any atom is 0.318 e. The minimum atomic E-state index is -0.870. The quantitative estimate of drug-likeness (QED) is 0.736. The van der Waals surface area contributed by atoms with Crippen LogP contribution in [0.5, 0.6) is 11.5 Å². The van der Waals surface area contributed by atoms with Crippen LogP contribution in [0.2, 0.25) is 0 Å². The molecule has 1 aliphatic rings. The van der Waals surface area contributed by atoms with E-state index in [0.717, 1.165) is 6.42 Å². The summed E-state index contributed by atoms with van der Waals surface area (Å²) in [5, 5.41) is 4.83. The van der Waals surface area contributed by atoms with Crippen molar-refractivity contribution in [2.45, 2.75) is 6.42 Å². The van der Waals surface area contributed by atoms with E-state index in [9.17, 15) is 9.59 Å². The van der Waals surface area contributed by atoms with E-state index < -0.39 is 11.9 Å². The summed E-state index contributed by atoms with van der Waals surface area (Å²) in [6.07, 6.45) is 0.832. The number of ether oxygens (including phenoxy) is 2. The van der Waals surface area contributed by atoms with Crippen LogP contribution in [0, 0.1) is 0 Å². The van der Waals surface area contributed by atoms with Gasteiger partial charge in [-0.1, -0.05) is 0 Å². The lowest BCUT2D eigenvalue weighted by Gasteiger charge is -2.10.